The minimum absolute atomic E-state index is 0.139. The van der Waals surface area contributed by atoms with E-state index >= 15 is 0 Å². The molecular formula is C15H15FINO. The summed E-state index contributed by atoms with van der Waals surface area (Å²) in [5.74, 6) is 0.625. The molecule has 0 bridgehead atoms. The van der Waals surface area contributed by atoms with E-state index in [-0.39, 0.29) is 11.7 Å². The van der Waals surface area contributed by atoms with Gasteiger partial charge in [-0.1, -0.05) is 13.8 Å². The van der Waals surface area contributed by atoms with Crippen molar-refractivity contribution in [2.45, 2.75) is 26.4 Å². The third-order valence-electron chi connectivity index (χ3n) is 2.76. The van der Waals surface area contributed by atoms with Crippen LogP contribution in [-0.2, 0) is 6.61 Å². The van der Waals surface area contributed by atoms with Crippen molar-refractivity contribution in [3.63, 3.8) is 0 Å². The number of benzene rings is 1. The van der Waals surface area contributed by atoms with Gasteiger partial charge in [0.1, 0.15) is 18.2 Å². The first-order valence-corrected chi connectivity index (χ1v) is 7.17. The molecule has 0 saturated heterocycles. The Balaban J connectivity index is 2.07. The van der Waals surface area contributed by atoms with Crippen molar-refractivity contribution in [1.29, 1.82) is 0 Å². The van der Waals surface area contributed by atoms with E-state index in [9.17, 15) is 4.39 Å². The van der Waals surface area contributed by atoms with Crippen LogP contribution in [0.5, 0.6) is 5.75 Å². The van der Waals surface area contributed by atoms with Gasteiger partial charge in [-0.25, -0.2) is 4.39 Å². The first kappa shape index (κ1) is 14.2. The predicted molar refractivity (Wildman–Crippen MR) is 81.8 cm³/mol. The van der Waals surface area contributed by atoms with Crippen molar-refractivity contribution < 1.29 is 9.13 Å². The van der Waals surface area contributed by atoms with Gasteiger partial charge in [0.25, 0.3) is 0 Å². The molecule has 0 amide bonds. The van der Waals surface area contributed by atoms with Crippen LogP contribution in [0.4, 0.5) is 4.39 Å². The van der Waals surface area contributed by atoms with Crippen LogP contribution in [0.3, 0.4) is 0 Å². The normalized spacial score (nSPS) is 10.8. The van der Waals surface area contributed by atoms with Gasteiger partial charge in [-0.05, 0) is 64.4 Å². The third-order valence-corrected chi connectivity index (χ3v) is 3.40. The zero-order chi connectivity index (χ0) is 13.8. The van der Waals surface area contributed by atoms with Crippen molar-refractivity contribution >= 4 is 22.6 Å². The summed E-state index contributed by atoms with van der Waals surface area (Å²) in [6.45, 7) is 4.31. The standard InChI is InChI=1S/C15H15FINO/c1-10(2)14-7-13(5-6-15(14)16)19-9-12-4-3-11(17)8-18-12/h3-8,10H,9H2,1-2H3. The minimum atomic E-state index is -0.185. The Labute approximate surface area is 126 Å². The van der Waals surface area contributed by atoms with E-state index in [4.69, 9.17) is 4.74 Å². The van der Waals surface area contributed by atoms with Gasteiger partial charge in [0, 0.05) is 9.77 Å². The fourth-order valence-corrected chi connectivity index (χ4v) is 2.02. The maximum absolute atomic E-state index is 13.6. The molecule has 1 heterocycles. The molecule has 0 fully saturated rings. The number of nitrogens with zero attached hydrogens (tertiary/aromatic N) is 1. The molecule has 0 aliphatic carbocycles. The molecular weight excluding hydrogens is 356 g/mol. The Hall–Kier alpha value is -1.17. The summed E-state index contributed by atoms with van der Waals surface area (Å²) >= 11 is 2.21. The molecule has 19 heavy (non-hydrogen) atoms. The second kappa shape index (κ2) is 6.32. The molecule has 0 spiro atoms. The van der Waals surface area contributed by atoms with Crippen LogP contribution < -0.4 is 4.74 Å². The fourth-order valence-electron chi connectivity index (χ4n) is 1.70. The van der Waals surface area contributed by atoms with Crippen LogP contribution in [0.1, 0.15) is 31.0 Å². The quantitative estimate of drug-likeness (QED) is 0.737. The Morgan fingerprint density at radius 2 is 2.05 bits per heavy atom. The van der Waals surface area contributed by atoms with Gasteiger partial charge < -0.3 is 4.74 Å². The minimum Gasteiger partial charge on any atom is -0.487 e. The topological polar surface area (TPSA) is 22.1 Å². The average Bonchev–Trinajstić information content (AvgIpc) is 2.39. The van der Waals surface area contributed by atoms with E-state index in [1.165, 1.54) is 6.07 Å². The highest BCUT2D eigenvalue weighted by molar-refractivity contribution is 14.1. The highest BCUT2D eigenvalue weighted by Crippen LogP contribution is 2.24. The number of rotatable bonds is 4. The van der Waals surface area contributed by atoms with Crippen LogP contribution in [-0.4, -0.2) is 4.98 Å². The molecule has 0 unspecified atom stereocenters. The molecule has 2 aromatic rings. The SMILES string of the molecule is CC(C)c1cc(OCc2ccc(I)cn2)ccc1F. The van der Waals surface area contributed by atoms with Gasteiger partial charge in [0.05, 0.1) is 5.69 Å². The Morgan fingerprint density at radius 3 is 2.68 bits per heavy atom. The molecule has 2 nitrogen and oxygen atoms in total. The van der Waals surface area contributed by atoms with Crippen LogP contribution in [0, 0.1) is 9.39 Å². The fraction of sp³-hybridized carbons (Fsp3) is 0.267. The molecule has 2 rings (SSSR count). The highest BCUT2D eigenvalue weighted by Gasteiger charge is 2.08. The molecule has 0 atom stereocenters. The van der Waals surface area contributed by atoms with Gasteiger partial charge >= 0.3 is 0 Å². The van der Waals surface area contributed by atoms with Crippen molar-refractivity contribution in [3.05, 3.63) is 57.2 Å². The summed E-state index contributed by atoms with van der Waals surface area (Å²) in [7, 11) is 0. The van der Waals surface area contributed by atoms with Gasteiger partial charge in [-0.15, -0.1) is 0 Å². The molecule has 0 aliphatic rings. The lowest BCUT2D eigenvalue weighted by Crippen LogP contribution is -2.00. The zero-order valence-corrected chi connectivity index (χ0v) is 13.0. The number of halogens is 2. The maximum atomic E-state index is 13.6. The molecule has 1 aromatic heterocycles. The van der Waals surface area contributed by atoms with Crippen molar-refractivity contribution in [2.75, 3.05) is 0 Å². The molecule has 0 radical (unpaired) electrons. The lowest BCUT2D eigenvalue weighted by molar-refractivity contribution is 0.300. The molecule has 4 heteroatoms. The summed E-state index contributed by atoms with van der Waals surface area (Å²) in [5.41, 5.74) is 1.53. The van der Waals surface area contributed by atoms with E-state index in [0.717, 1.165) is 9.26 Å². The van der Waals surface area contributed by atoms with E-state index in [1.807, 2.05) is 26.0 Å². The van der Waals surface area contributed by atoms with Crippen molar-refractivity contribution in [1.82, 2.24) is 4.98 Å². The van der Waals surface area contributed by atoms with Gasteiger partial charge in [-0.2, -0.15) is 0 Å². The van der Waals surface area contributed by atoms with E-state index in [2.05, 4.69) is 27.6 Å². The number of aromatic nitrogens is 1. The first-order valence-electron chi connectivity index (χ1n) is 6.09. The van der Waals surface area contributed by atoms with E-state index in [1.54, 1.807) is 18.3 Å². The third kappa shape index (κ3) is 3.89. The number of ether oxygens (including phenoxy) is 1. The summed E-state index contributed by atoms with van der Waals surface area (Å²) in [6, 6.07) is 8.76. The highest BCUT2D eigenvalue weighted by atomic mass is 127. The Morgan fingerprint density at radius 1 is 1.26 bits per heavy atom. The molecule has 100 valence electrons. The second-order valence-electron chi connectivity index (χ2n) is 4.59. The predicted octanol–water partition coefficient (Wildman–Crippen LogP) is 4.53. The Kier molecular flexibility index (Phi) is 4.74. The Bertz CT molecular complexity index is 555. The molecule has 1 aromatic carbocycles. The molecule has 0 N–H and O–H groups in total. The van der Waals surface area contributed by atoms with E-state index in [0.29, 0.717) is 17.9 Å². The summed E-state index contributed by atoms with van der Waals surface area (Å²) in [4.78, 5) is 4.26. The van der Waals surface area contributed by atoms with Gasteiger partial charge in [-0.3, -0.25) is 4.98 Å². The molecule has 0 saturated carbocycles. The summed E-state index contributed by atoms with van der Waals surface area (Å²) in [5, 5.41) is 0. The number of hydrogen-bond donors (Lipinski definition) is 0. The average molecular weight is 371 g/mol. The zero-order valence-electron chi connectivity index (χ0n) is 10.9. The number of pyridine rings is 1. The second-order valence-corrected chi connectivity index (χ2v) is 5.84. The van der Waals surface area contributed by atoms with Gasteiger partial charge in [0.2, 0.25) is 0 Å². The van der Waals surface area contributed by atoms with Crippen LogP contribution in [0.15, 0.2) is 36.5 Å². The van der Waals surface area contributed by atoms with Crippen LogP contribution in [0.25, 0.3) is 0 Å². The van der Waals surface area contributed by atoms with Crippen LogP contribution in [0.2, 0.25) is 0 Å². The summed E-state index contributed by atoms with van der Waals surface area (Å²) < 4.78 is 20.3. The maximum Gasteiger partial charge on any atom is 0.130 e. The lowest BCUT2D eigenvalue weighted by Gasteiger charge is -2.11. The smallest absolute Gasteiger partial charge is 0.130 e. The largest absolute Gasteiger partial charge is 0.487 e. The van der Waals surface area contributed by atoms with Crippen molar-refractivity contribution in [2.24, 2.45) is 0 Å². The van der Waals surface area contributed by atoms with Crippen LogP contribution >= 0.6 is 22.6 Å². The number of hydrogen-bond acceptors (Lipinski definition) is 2. The monoisotopic (exact) mass is 371 g/mol. The first-order chi connectivity index (χ1) is 9.06. The summed E-state index contributed by atoms with van der Waals surface area (Å²) in [6.07, 6.45) is 1.80. The molecule has 0 aliphatic heterocycles. The van der Waals surface area contributed by atoms with Crippen molar-refractivity contribution in [3.8, 4) is 5.75 Å². The lowest BCUT2D eigenvalue weighted by atomic mass is 10.0. The van der Waals surface area contributed by atoms with E-state index < -0.39 is 0 Å². The van der Waals surface area contributed by atoms with Gasteiger partial charge in [0.15, 0.2) is 0 Å².